The van der Waals surface area contributed by atoms with Gasteiger partial charge in [-0.25, -0.2) is 18.1 Å². The molecule has 2 saturated heterocycles. The lowest BCUT2D eigenvalue weighted by Crippen LogP contribution is -2.53. The topological polar surface area (TPSA) is 114 Å². The van der Waals surface area contributed by atoms with Crippen LogP contribution >= 0.6 is 0 Å². The molecule has 1 aliphatic carbocycles. The quantitative estimate of drug-likeness (QED) is 0.667. The van der Waals surface area contributed by atoms with Gasteiger partial charge in [-0.05, 0) is 42.5 Å². The summed E-state index contributed by atoms with van der Waals surface area (Å²) in [6.07, 6.45) is 2.26. The zero-order chi connectivity index (χ0) is 23.9. The number of sulfonamides is 1. The van der Waals surface area contributed by atoms with Crippen molar-refractivity contribution >= 4 is 22.0 Å². The van der Waals surface area contributed by atoms with E-state index in [4.69, 9.17) is 0 Å². The molecule has 0 radical (unpaired) electrons. The Labute approximate surface area is 198 Å². The van der Waals surface area contributed by atoms with Crippen molar-refractivity contribution in [2.24, 2.45) is 0 Å². The third kappa shape index (κ3) is 3.57. The van der Waals surface area contributed by atoms with Crippen LogP contribution in [0.1, 0.15) is 29.5 Å². The van der Waals surface area contributed by atoms with Crippen LogP contribution in [0.5, 0.6) is 0 Å². The number of fused-ring (bicyclic) bond motifs is 2. The maximum atomic E-state index is 13.5. The van der Waals surface area contributed by atoms with Crippen LogP contribution in [0.2, 0.25) is 0 Å². The number of carbonyl (C=O) groups is 2. The SMILES string of the molecule is N#Cc1ccccc1S(=O)(=O)N1CCN(CN2C(=O)N[C@]3(CCCc4ccccc43)C2=O)CC1. The van der Waals surface area contributed by atoms with Crippen LogP contribution in [0.4, 0.5) is 4.79 Å². The Kier molecular flexibility index (Phi) is 5.64. The molecule has 0 aromatic heterocycles. The number of nitriles is 1. The number of piperazine rings is 1. The van der Waals surface area contributed by atoms with Crippen molar-refractivity contribution in [3.63, 3.8) is 0 Å². The van der Waals surface area contributed by atoms with Gasteiger partial charge < -0.3 is 5.32 Å². The van der Waals surface area contributed by atoms with Crippen molar-refractivity contribution in [3.8, 4) is 6.07 Å². The number of nitrogens with one attached hydrogen (secondary N) is 1. The van der Waals surface area contributed by atoms with E-state index in [9.17, 15) is 23.3 Å². The van der Waals surface area contributed by atoms with Gasteiger partial charge in [0, 0.05) is 26.2 Å². The zero-order valence-electron chi connectivity index (χ0n) is 18.6. The molecular formula is C24H25N5O4S. The van der Waals surface area contributed by atoms with E-state index < -0.39 is 21.6 Å². The highest BCUT2D eigenvalue weighted by molar-refractivity contribution is 7.89. The van der Waals surface area contributed by atoms with E-state index in [-0.39, 0.29) is 36.1 Å². The molecule has 1 atom stereocenters. The molecule has 1 N–H and O–H groups in total. The lowest BCUT2D eigenvalue weighted by atomic mass is 9.76. The van der Waals surface area contributed by atoms with Gasteiger partial charge in [0.15, 0.2) is 0 Å². The molecule has 2 aromatic rings. The summed E-state index contributed by atoms with van der Waals surface area (Å²) in [4.78, 5) is 29.5. The molecule has 3 amide bonds. The van der Waals surface area contributed by atoms with E-state index >= 15 is 0 Å². The van der Waals surface area contributed by atoms with Crippen LogP contribution in [-0.4, -0.2) is 67.3 Å². The predicted octanol–water partition coefficient (Wildman–Crippen LogP) is 1.61. The molecular weight excluding hydrogens is 454 g/mol. The summed E-state index contributed by atoms with van der Waals surface area (Å²) >= 11 is 0. The van der Waals surface area contributed by atoms with Crippen molar-refractivity contribution in [1.29, 1.82) is 5.26 Å². The molecule has 0 unspecified atom stereocenters. The van der Waals surface area contributed by atoms with Gasteiger partial charge in [0.2, 0.25) is 10.0 Å². The van der Waals surface area contributed by atoms with Crippen LogP contribution in [0.15, 0.2) is 53.4 Å². The Hall–Kier alpha value is -3.26. The molecule has 34 heavy (non-hydrogen) atoms. The smallest absolute Gasteiger partial charge is 0.319 e. The van der Waals surface area contributed by atoms with Gasteiger partial charge in [-0.15, -0.1) is 0 Å². The number of amides is 3. The third-order valence-electron chi connectivity index (χ3n) is 6.95. The second kappa shape index (κ2) is 8.51. The Balaban J connectivity index is 1.28. The molecule has 0 bridgehead atoms. The fourth-order valence-corrected chi connectivity index (χ4v) is 6.74. The molecule has 2 fully saturated rings. The molecule has 10 heteroatoms. The summed E-state index contributed by atoms with van der Waals surface area (Å²) in [5.41, 5.74) is 1.05. The fourth-order valence-electron chi connectivity index (χ4n) is 5.17. The minimum Gasteiger partial charge on any atom is -0.319 e. The zero-order valence-corrected chi connectivity index (χ0v) is 19.4. The van der Waals surface area contributed by atoms with E-state index in [0.717, 1.165) is 24.0 Å². The van der Waals surface area contributed by atoms with E-state index in [0.29, 0.717) is 19.5 Å². The van der Waals surface area contributed by atoms with Crippen molar-refractivity contribution in [2.45, 2.75) is 29.7 Å². The average Bonchev–Trinajstić information content (AvgIpc) is 3.09. The molecule has 2 aromatic carbocycles. The highest BCUT2D eigenvalue weighted by Crippen LogP contribution is 2.40. The number of hydrogen-bond acceptors (Lipinski definition) is 6. The Bertz CT molecular complexity index is 1300. The van der Waals surface area contributed by atoms with Gasteiger partial charge in [0.25, 0.3) is 5.91 Å². The number of benzene rings is 2. The minimum atomic E-state index is -3.81. The normalized spacial score (nSPS) is 23.6. The minimum absolute atomic E-state index is 0.00189. The lowest BCUT2D eigenvalue weighted by Gasteiger charge is -2.36. The average molecular weight is 480 g/mol. The third-order valence-corrected chi connectivity index (χ3v) is 8.91. The molecule has 9 nitrogen and oxygen atoms in total. The number of rotatable bonds is 4. The predicted molar refractivity (Wildman–Crippen MR) is 123 cm³/mol. The first-order chi connectivity index (χ1) is 16.4. The molecule has 2 aliphatic heterocycles. The summed E-state index contributed by atoms with van der Waals surface area (Å²) in [6, 6.07) is 15.4. The number of imide groups is 1. The van der Waals surface area contributed by atoms with Crippen molar-refractivity contribution < 1.29 is 18.0 Å². The van der Waals surface area contributed by atoms with Gasteiger partial charge in [0.05, 0.1) is 17.1 Å². The summed E-state index contributed by atoms with van der Waals surface area (Å²) < 4.78 is 27.5. The molecule has 3 aliphatic rings. The number of nitrogens with zero attached hydrogens (tertiary/aromatic N) is 4. The van der Waals surface area contributed by atoms with Gasteiger partial charge in [0.1, 0.15) is 11.6 Å². The summed E-state index contributed by atoms with van der Waals surface area (Å²) in [5, 5.41) is 12.2. The number of aryl methyl sites for hydroxylation is 1. The first-order valence-electron chi connectivity index (χ1n) is 11.3. The maximum Gasteiger partial charge on any atom is 0.326 e. The lowest BCUT2D eigenvalue weighted by molar-refractivity contribution is -0.133. The van der Waals surface area contributed by atoms with Crippen LogP contribution in [-0.2, 0) is 26.8 Å². The molecule has 176 valence electrons. The van der Waals surface area contributed by atoms with Gasteiger partial charge in [-0.2, -0.15) is 9.57 Å². The van der Waals surface area contributed by atoms with E-state index in [1.54, 1.807) is 12.1 Å². The summed E-state index contributed by atoms with van der Waals surface area (Å²) in [6.45, 7) is 1.26. The van der Waals surface area contributed by atoms with E-state index in [1.165, 1.54) is 21.3 Å². The Morgan fingerprint density at radius 3 is 2.47 bits per heavy atom. The number of urea groups is 1. The maximum absolute atomic E-state index is 13.5. The van der Waals surface area contributed by atoms with Crippen LogP contribution in [0.3, 0.4) is 0 Å². The summed E-state index contributed by atoms with van der Waals surface area (Å²) in [5.74, 6) is -0.248. The molecule has 2 heterocycles. The monoisotopic (exact) mass is 479 g/mol. The first kappa shape index (κ1) is 22.5. The van der Waals surface area contributed by atoms with Crippen molar-refractivity contribution in [1.82, 2.24) is 19.4 Å². The van der Waals surface area contributed by atoms with Crippen LogP contribution < -0.4 is 5.32 Å². The molecule has 5 rings (SSSR count). The fraction of sp³-hybridized carbons (Fsp3) is 0.375. The highest BCUT2D eigenvalue weighted by Gasteiger charge is 2.54. The molecule has 1 spiro atoms. The highest BCUT2D eigenvalue weighted by atomic mass is 32.2. The number of carbonyl (C=O) groups excluding carboxylic acids is 2. The van der Waals surface area contributed by atoms with Gasteiger partial charge in [-0.1, -0.05) is 36.4 Å². The van der Waals surface area contributed by atoms with Crippen molar-refractivity contribution in [2.75, 3.05) is 32.8 Å². The van der Waals surface area contributed by atoms with Crippen LogP contribution in [0.25, 0.3) is 0 Å². The second-order valence-corrected chi connectivity index (χ2v) is 10.8. The van der Waals surface area contributed by atoms with Crippen LogP contribution in [0, 0.1) is 11.3 Å². The van der Waals surface area contributed by atoms with E-state index in [1.807, 2.05) is 35.2 Å². The number of hydrogen-bond donors (Lipinski definition) is 1. The Morgan fingerprint density at radius 2 is 1.71 bits per heavy atom. The Morgan fingerprint density at radius 1 is 1.00 bits per heavy atom. The van der Waals surface area contributed by atoms with E-state index in [2.05, 4.69) is 5.32 Å². The van der Waals surface area contributed by atoms with Crippen molar-refractivity contribution in [3.05, 3.63) is 65.2 Å². The largest absolute Gasteiger partial charge is 0.326 e. The van der Waals surface area contributed by atoms with Gasteiger partial charge >= 0.3 is 6.03 Å². The standard InChI is InChI=1S/C24H25N5O4S/c25-16-19-7-2-4-10-21(19)34(32,33)28-14-12-27(13-15-28)17-29-22(30)24(26-23(29)31)11-5-8-18-6-1-3-9-20(18)24/h1-4,6-7,9-10H,5,8,11-15,17H2,(H,26,31)/t24-/m0/s1. The summed E-state index contributed by atoms with van der Waals surface area (Å²) in [7, 11) is -3.81. The molecule has 0 saturated carbocycles. The second-order valence-electron chi connectivity index (χ2n) is 8.85. The first-order valence-corrected chi connectivity index (χ1v) is 12.7. The van der Waals surface area contributed by atoms with Gasteiger partial charge in [-0.3, -0.25) is 9.69 Å².